The highest BCUT2D eigenvalue weighted by Crippen LogP contribution is 2.32. The molecule has 0 unspecified atom stereocenters. The monoisotopic (exact) mass is 351 g/mol. The number of nitro benzene ring substituents is 1. The van der Waals surface area contributed by atoms with Crippen LogP contribution in [0.2, 0.25) is 0 Å². The number of hydrogen-bond donors (Lipinski definition) is 0. The summed E-state index contributed by atoms with van der Waals surface area (Å²) in [7, 11) is 0. The second-order valence-electron chi connectivity index (χ2n) is 4.62. The molecule has 0 radical (unpaired) electrons. The largest absolute Gasteiger partial charge is 0.490 e. The number of benzene rings is 1. The Balaban J connectivity index is 2.94. The maximum Gasteiger partial charge on any atom is 0.307 e. The van der Waals surface area contributed by atoms with Crippen LogP contribution in [-0.4, -0.2) is 16.9 Å². The van der Waals surface area contributed by atoms with E-state index < -0.39 is 22.2 Å². The zero-order valence-electron chi connectivity index (χ0n) is 11.3. The Morgan fingerprint density at radius 3 is 2.35 bits per heavy atom. The number of alkyl halides is 1. The Bertz CT molecular complexity index is 484. The molecule has 0 fully saturated rings. The van der Waals surface area contributed by atoms with Crippen molar-refractivity contribution in [2.45, 2.75) is 26.7 Å². The van der Waals surface area contributed by atoms with Crippen molar-refractivity contribution in [2.75, 3.05) is 11.9 Å². The van der Waals surface area contributed by atoms with E-state index >= 15 is 0 Å². The van der Waals surface area contributed by atoms with Gasteiger partial charge in [0, 0.05) is 16.8 Å². The van der Waals surface area contributed by atoms with Gasteiger partial charge in [0.15, 0.2) is 11.6 Å². The van der Waals surface area contributed by atoms with Crippen molar-refractivity contribution in [3.8, 4) is 5.75 Å². The van der Waals surface area contributed by atoms with Gasteiger partial charge in [0.1, 0.15) is 0 Å². The molecule has 1 aromatic rings. The molecule has 0 aromatic heterocycles. The van der Waals surface area contributed by atoms with Crippen molar-refractivity contribution in [1.29, 1.82) is 0 Å². The smallest absolute Gasteiger partial charge is 0.307 e. The molecule has 0 aliphatic carbocycles. The van der Waals surface area contributed by atoms with Gasteiger partial charge in [-0.2, -0.15) is 4.39 Å². The average Bonchev–Trinajstić information content (AvgIpc) is 2.43. The van der Waals surface area contributed by atoms with Crippen molar-refractivity contribution >= 4 is 21.6 Å². The van der Waals surface area contributed by atoms with Gasteiger partial charge in [-0.25, -0.2) is 4.39 Å². The standard InChI is InChI=1S/C13H16BrF2NO3/c1-3-13(4-2,7-14)8-20-12-6-9(15)11(17(18)19)5-10(12)16/h5-6H,3-4,7-8H2,1-2H3. The van der Waals surface area contributed by atoms with Gasteiger partial charge in [0.25, 0.3) is 0 Å². The summed E-state index contributed by atoms with van der Waals surface area (Å²) in [5.74, 6) is -2.35. The summed E-state index contributed by atoms with van der Waals surface area (Å²) in [6, 6.07) is 1.26. The zero-order chi connectivity index (χ0) is 15.3. The third-order valence-electron chi connectivity index (χ3n) is 3.52. The van der Waals surface area contributed by atoms with Crippen LogP contribution in [0, 0.1) is 27.2 Å². The highest BCUT2D eigenvalue weighted by Gasteiger charge is 2.27. The van der Waals surface area contributed by atoms with E-state index in [0.29, 0.717) is 11.4 Å². The van der Waals surface area contributed by atoms with Crippen LogP contribution in [0.15, 0.2) is 12.1 Å². The molecule has 0 N–H and O–H groups in total. The fraction of sp³-hybridized carbons (Fsp3) is 0.538. The Labute approximate surface area is 124 Å². The van der Waals surface area contributed by atoms with Gasteiger partial charge in [0.2, 0.25) is 5.82 Å². The number of ether oxygens (including phenoxy) is 1. The van der Waals surface area contributed by atoms with Crippen LogP contribution >= 0.6 is 15.9 Å². The summed E-state index contributed by atoms with van der Waals surface area (Å²) in [6.45, 7) is 4.18. The van der Waals surface area contributed by atoms with Crippen molar-refractivity contribution < 1.29 is 18.4 Å². The normalized spacial score (nSPS) is 11.4. The molecule has 0 amide bonds. The molecular weight excluding hydrogens is 336 g/mol. The first-order valence-corrected chi connectivity index (χ1v) is 7.33. The summed E-state index contributed by atoms with van der Waals surface area (Å²) in [6.07, 6.45) is 1.62. The predicted octanol–water partition coefficient (Wildman–Crippen LogP) is 4.45. The molecule has 4 nitrogen and oxygen atoms in total. The van der Waals surface area contributed by atoms with E-state index in [9.17, 15) is 18.9 Å². The lowest BCUT2D eigenvalue weighted by Gasteiger charge is -2.29. The summed E-state index contributed by atoms with van der Waals surface area (Å²) in [4.78, 5) is 9.52. The molecule has 0 aliphatic rings. The zero-order valence-corrected chi connectivity index (χ0v) is 12.9. The summed E-state index contributed by atoms with van der Waals surface area (Å²) < 4.78 is 32.4. The van der Waals surface area contributed by atoms with Crippen LogP contribution in [0.4, 0.5) is 14.5 Å². The quantitative estimate of drug-likeness (QED) is 0.414. The molecule has 112 valence electrons. The number of halogens is 3. The van der Waals surface area contributed by atoms with Crippen LogP contribution in [0.5, 0.6) is 5.75 Å². The van der Waals surface area contributed by atoms with Crippen molar-refractivity contribution in [1.82, 2.24) is 0 Å². The Morgan fingerprint density at radius 1 is 1.30 bits per heavy atom. The van der Waals surface area contributed by atoms with Crippen LogP contribution in [-0.2, 0) is 0 Å². The SMILES string of the molecule is CCC(CC)(CBr)COc1cc(F)c([N+](=O)[O-])cc1F. The minimum atomic E-state index is -1.11. The second-order valence-corrected chi connectivity index (χ2v) is 5.18. The highest BCUT2D eigenvalue weighted by atomic mass is 79.9. The minimum absolute atomic E-state index is 0.176. The Kier molecular flexibility index (Phi) is 5.86. The predicted molar refractivity (Wildman–Crippen MR) is 75.3 cm³/mol. The van der Waals surface area contributed by atoms with Crippen molar-refractivity contribution in [2.24, 2.45) is 5.41 Å². The van der Waals surface area contributed by atoms with Gasteiger partial charge in [-0.3, -0.25) is 10.1 Å². The molecule has 0 saturated heterocycles. The summed E-state index contributed by atoms with van der Waals surface area (Å²) in [5.41, 5.74) is -1.07. The summed E-state index contributed by atoms with van der Waals surface area (Å²) >= 11 is 3.39. The third-order valence-corrected chi connectivity index (χ3v) is 4.70. The van der Waals surface area contributed by atoms with Gasteiger partial charge in [-0.1, -0.05) is 29.8 Å². The fourth-order valence-electron chi connectivity index (χ4n) is 1.68. The van der Waals surface area contributed by atoms with E-state index in [1.807, 2.05) is 13.8 Å². The molecule has 0 spiro atoms. The topological polar surface area (TPSA) is 52.4 Å². The first kappa shape index (κ1) is 16.8. The molecule has 20 heavy (non-hydrogen) atoms. The lowest BCUT2D eigenvalue weighted by atomic mass is 9.86. The lowest BCUT2D eigenvalue weighted by Crippen LogP contribution is -2.29. The lowest BCUT2D eigenvalue weighted by molar-refractivity contribution is -0.387. The van der Waals surface area contributed by atoms with Crippen LogP contribution in [0.25, 0.3) is 0 Å². The minimum Gasteiger partial charge on any atom is -0.490 e. The number of nitrogens with zero attached hydrogens (tertiary/aromatic N) is 1. The van der Waals surface area contributed by atoms with E-state index in [1.54, 1.807) is 0 Å². The van der Waals surface area contributed by atoms with E-state index in [1.165, 1.54) is 0 Å². The molecule has 0 aliphatic heterocycles. The van der Waals surface area contributed by atoms with Gasteiger partial charge in [-0.05, 0) is 12.8 Å². The number of nitro groups is 1. The van der Waals surface area contributed by atoms with Gasteiger partial charge >= 0.3 is 5.69 Å². The summed E-state index contributed by atoms with van der Waals surface area (Å²) in [5, 5.41) is 11.2. The number of rotatable bonds is 7. The van der Waals surface area contributed by atoms with E-state index in [0.717, 1.165) is 18.9 Å². The van der Waals surface area contributed by atoms with Gasteiger partial charge in [-0.15, -0.1) is 0 Å². The average molecular weight is 352 g/mol. The molecule has 0 saturated carbocycles. The fourth-order valence-corrected chi connectivity index (χ4v) is 2.64. The maximum absolute atomic E-state index is 13.7. The first-order chi connectivity index (χ1) is 9.39. The van der Waals surface area contributed by atoms with Crippen LogP contribution in [0.1, 0.15) is 26.7 Å². The highest BCUT2D eigenvalue weighted by molar-refractivity contribution is 9.09. The molecular formula is C13H16BrF2NO3. The third kappa shape index (κ3) is 3.65. The molecule has 7 heteroatoms. The Morgan fingerprint density at radius 2 is 1.90 bits per heavy atom. The maximum atomic E-state index is 13.7. The van der Waals surface area contributed by atoms with Gasteiger partial charge in [0.05, 0.1) is 17.6 Å². The van der Waals surface area contributed by atoms with E-state index in [-0.39, 0.29) is 17.8 Å². The van der Waals surface area contributed by atoms with E-state index in [4.69, 9.17) is 4.74 Å². The molecule has 0 bridgehead atoms. The van der Waals surface area contributed by atoms with Crippen molar-refractivity contribution in [3.63, 3.8) is 0 Å². The first-order valence-electron chi connectivity index (χ1n) is 6.21. The molecule has 1 rings (SSSR count). The molecule has 0 heterocycles. The van der Waals surface area contributed by atoms with Crippen molar-refractivity contribution in [3.05, 3.63) is 33.9 Å². The van der Waals surface area contributed by atoms with Gasteiger partial charge < -0.3 is 4.74 Å². The van der Waals surface area contributed by atoms with E-state index in [2.05, 4.69) is 15.9 Å². The Hall–Kier alpha value is -1.24. The van der Waals surface area contributed by atoms with Crippen LogP contribution < -0.4 is 4.74 Å². The number of hydrogen-bond acceptors (Lipinski definition) is 3. The van der Waals surface area contributed by atoms with Crippen LogP contribution in [0.3, 0.4) is 0 Å². The second kappa shape index (κ2) is 6.97. The molecule has 1 aromatic carbocycles. The molecule has 0 atom stereocenters.